The number of hydrogen-bond donors (Lipinski definition) is 2. The summed E-state index contributed by atoms with van der Waals surface area (Å²) in [5.41, 5.74) is -1.05. The average Bonchev–Trinajstić information content (AvgIpc) is 3.25. The molecule has 0 aromatic carbocycles. The van der Waals surface area contributed by atoms with Gasteiger partial charge in [-0.2, -0.15) is 0 Å². The summed E-state index contributed by atoms with van der Waals surface area (Å²) in [7, 11) is 0. The second kappa shape index (κ2) is 25.1. The topological polar surface area (TPSA) is 182 Å². The molecule has 0 spiro atoms. The number of hydrogen-bond acceptors (Lipinski definition) is 12. The van der Waals surface area contributed by atoms with E-state index in [1.807, 2.05) is 0 Å². The van der Waals surface area contributed by atoms with Crippen molar-refractivity contribution in [3.8, 4) is 0 Å². The predicted molar refractivity (Wildman–Crippen MR) is 232 cm³/mol. The fourth-order valence-corrected chi connectivity index (χ4v) is 9.73. The van der Waals surface area contributed by atoms with Crippen LogP contribution in [-0.4, -0.2) is 86.8 Å². The van der Waals surface area contributed by atoms with Crippen LogP contribution in [0.4, 0.5) is 9.59 Å². The lowest BCUT2D eigenvalue weighted by atomic mass is 9.71. The molecule has 14 heteroatoms. The number of alkyl carbamates (subject to hydrolysis) is 2. The maximum atomic E-state index is 13.5. The molecule has 0 heterocycles. The lowest BCUT2D eigenvalue weighted by Gasteiger charge is -2.39. The molecule has 2 amide bonds. The summed E-state index contributed by atoms with van der Waals surface area (Å²) in [6.07, 6.45) is 16.3. The standard InChI is InChI=1S/C48H74N2O12/c1-31(2)42(51)57-27-36(61-46(55)49-40-24-16-14-22-38(40)34-18-10-8-11-19-34)29-59-44(53)33(5)26-48(6,7)45(54)60-30-37(28-58-43(52)32(3)4)62-47(56)50-41-25-17-15-23-39(41)35-20-12-9-13-21-35/h34-41H,1,3,5,8-30H2,2,4,6-7H3,(H,49,55)(H,50,56). The maximum absolute atomic E-state index is 13.5. The van der Waals surface area contributed by atoms with E-state index in [0.717, 1.165) is 77.0 Å². The van der Waals surface area contributed by atoms with Crippen molar-refractivity contribution < 1.29 is 57.2 Å². The number of rotatable bonds is 20. The fourth-order valence-electron chi connectivity index (χ4n) is 9.73. The van der Waals surface area contributed by atoms with Crippen LogP contribution in [0.25, 0.3) is 0 Å². The molecule has 4 aliphatic rings. The van der Waals surface area contributed by atoms with Crippen LogP contribution in [0, 0.1) is 29.1 Å². The Kier molecular flexibility index (Phi) is 20.3. The Balaban J connectivity index is 1.30. The van der Waals surface area contributed by atoms with Crippen molar-refractivity contribution in [1.82, 2.24) is 10.6 Å². The van der Waals surface area contributed by atoms with Gasteiger partial charge in [0.25, 0.3) is 0 Å². The molecular weight excluding hydrogens is 797 g/mol. The maximum Gasteiger partial charge on any atom is 0.407 e. The molecule has 4 fully saturated rings. The zero-order chi connectivity index (χ0) is 45.2. The van der Waals surface area contributed by atoms with Crippen LogP contribution in [0.1, 0.15) is 150 Å². The summed E-state index contributed by atoms with van der Waals surface area (Å²) in [6.45, 7) is 15.5. The van der Waals surface area contributed by atoms with E-state index in [9.17, 15) is 28.8 Å². The summed E-state index contributed by atoms with van der Waals surface area (Å²) < 4.78 is 33.0. The molecule has 0 aromatic heterocycles. The van der Waals surface area contributed by atoms with Crippen LogP contribution in [-0.2, 0) is 47.6 Å². The van der Waals surface area contributed by atoms with E-state index >= 15 is 0 Å². The molecule has 0 radical (unpaired) electrons. The summed E-state index contributed by atoms with van der Waals surface area (Å²) >= 11 is 0. The number of esters is 4. The summed E-state index contributed by atoms with van der Waals surface area (Å²) in [4.78, 5) is 77.7. The van der Waals surface area contributed by atoms with E-state index < -0.39 is 66.9 Å². The van der Waals surface area contributed by atoms with Crippen molar-refractivity contribution in [2.45, 2.75) is 174 Å². The zero-order valence-corrected chi connectivity index (χ0v) is 37.9. The Morgan fingerprint density at radius 3 is 1.27 bits per heavy atom. The van der Waals surface area contributed by atoms with Gasteiger partial charge in [-0.3, -0.25) is 4.79 Å². The molecule has 0 aliphatic heterocycles. The van der Waals surface area contributed by atoms with Gasteiger partial charge in [0.1, 0.15) is 26.4 Å². The molecule has 2 N–H and O–H groups in total. The van der Waals surface area contributed by atoms with Gasteiger partial charge in [-0.05, 0) is 83.5 Å². The van der Waals surface area contributed by atoms with Crippen molar-refractivity contribution in [2.24, 2.45) is 29.1 Å². The van der Waals surface area contributed by atoms with E-state index in [2.05, 4.69) is 30.4 Å². The van der Waals surface area contributed by atoms with Crippen molar-refractivity contribution in [3.05, 3.63) is 36.5 Å². The third kappa shape index (κ3) is 16.4. The Hall–Kier alpha value is -4.36. The molecule has 14 nitrogen and oxygen atoms in total. The summed E-state index contributed by atoms with van der Waals surface area (Å²) in [6, 6.07) is -0.0660. The molecule has 4 rings (SSSR count). The van der Waals surface area contributed by atoms with Crippen LogP contribution in [0.15, 0.2) is 36.5 Å². The Morgan fingerprint density at radius 2 is 0.871 bits per heavy atom. The third-order valence-electron chi connectivity index (χ3n) is 13.1. The van der Waals surface area contributed by atoms with Crippen LogP contribution in [0.3, 0.4) is 0 Å². The molecule has 4 aliphatic carbocycles. The van der Waals surface area contributed by atoms with E-state index in [1.54, 1.807) is 13.8 Å². The van der Waals surface area contributed by atoms with Crippen LogP contribution < -0.4 is 10.6 Å². The van der Waals surface area contributed by atoms with Crippen molar-refractivity contribution >= 4 is 36.1 Å². The summed E-state index contributed by atoms with van der Waals surface area (Å²) in [5, 5.41) is 6.12. The lowest BCUT2D eigenvalue weighted by Crippen LogP contribution is -2.47. The van der Waals surface area contributed by atoms with Gasteiger partial charge in [-0.15, -0.1) is 0 Å². The molecule has 0 bridgehead atoms. The number of carbonyl (C=O) groups excluding carboxylic acids is 6. The summed E-state index contributed by atoms with van der Waals surface area (Å²) in [5.74, 6) is -1.08. The minimum Gasteiger partial charge on any atom is -0.461 e. The number of carbonyl (C=O) groups is 6. The molecule has 0 saturated heterocycles. The van der Waals surface area contributed by atoms with Crippen LogP contribution >= 0.6 is 0 Å². The van der Waals surface area contributed by atoms with E-state index in [0.29, 0.717) is 23.7 Å². The van der Waals surface area contributed by atoms with E-state index in [1.165, 1.54) is 52.4 Å². The van der Waals surface area contributed by atoms with Gasteiger partial charge < -0.3 is 39.1 Å². The highest BCUT2D eigenvalue weighted by atomic mass is 16.6. The minimum atomic E-state index is -1.30. The quantitative estimate of drug-likeness (QED) is 0.0675. The molecule has 6 unspecified atom stereocenters. The Bertz CT molecular complexity index is 1580. The fraction of sp³-hybridized carbons (Fsp3) is 0.750. The minimum absolute atomic E-state index is 0.0316. The third-order valence-corrected chi connectivity index (χ3v) is 13.1. The van der Waals surface area contributed by atoms with E-state index in [4.69, 9.17) is 28.4 Å². The van der Waals surface area contributed by atoms with E-state index in [-0.39, 0.29) is 48.4 Å². The number of amides is 2. The number of ether oxygens (including phenoxy) is 6. The first-order valence-corrected chi connectivity index (χ1v) is 23.2. The van der Waals surface area contributed by atoms with Gasteiger partial charge in [0.05, 0.1) is 5.41 Å². The van der Waals surface area contributed by atoms with Gasteiger partial charge in [-0.1, -0.05) is 110 Å². The molecule has 0 aromatic rings. The average molecular weight is 871 g/mol. The van der Waals surface area contributed by atoms with Crippen LogP contribution in [0.5, 0.6) is 0 Å². The van der Waals surface area contributed by atoms with Crippen molar-refractivity contribution in [1.29, 1.82) is 0 Å². The van der Waals surface area contributed by atoms with Gasteiger partial charge in [0, 0.05) is 28.8 Å². The predicted octanol–water partition coefficient (Wildman–Crippen LogP) is 8.75. The molecule has 348 valence electrons. The Labute approximate surface area is 369 Å². The van der Waals surface area contributed by atoms with Gasteiger partial charge >= 0.3 is 36.1 Å². The lowest BCUT2D eigenvalue weighted by molar-refractivity contribution is -0.159. The molecular formula is C48H74N2O12. The van der Waals surface area contributed by atoms with Crippen molar-refractivity contribution in [2.75, 3.05) is 26.4 Å². The second-order valence-electron chi connectivity index (χ2n) is 18.9. The zero-order valence-electron chi connectivity index (χ0n) is 37.9. The largest absolute Gasteiger partial charge is 0.461 e. The van der Waals surface area contributed by atoms with Crippen molar-refractivity contribution in [3.63, 3.8) is 0 Å². The highest BCUT2D eigenvalue weighted by Crippen LogP contribution is 2.40. The molecule has 6 atom stereocenters. The smallest absolute Gasteiger partial charge is 0.407 e. The highest BCUT2D eigenvalue weighted by molar-refractivity contribution is 5.89. The first kappa shape index (κ1) is 50.3. The monoisotopic (exact) mass is 871 g/mol. The second-order valence-corrected chi connectivity index (χ2v) is 18.9. The van der Waals surface area contributed by atoms with Crippen LogP contribution in [0.2, 0.25) is 0 Å². The normalized spacial score (nSPS) is 23.3. The van der Waals surface area contributed by atoms with Gasteiger partial charge in [-0.25, -0.2) is 24.0 Å². The Morgan fingerprint density at radius 1 is 0.516 bits per heavy atom. The van der Waals surface area contributed by atoms with Gasteiger partial charge in [0.2, 0.25) is 0 Å². The first-order valence-electron chi connectivity index (χ1n) is 23.2. The highest BCUT2D eigenvalue weighted by Gasteiger charge is 2.37. The molecule has 62 heavy (non-hydrogen) atoms. The van der Waals surface area contributed by atoms with Gasteiger partial charge in [0.15, 0.2) is 12.2 Å². The molecule has 4 saturated carbocycles. The SMILES string of the molecule is C=C(C)C(=O)OCC(COC(=O)C(=C)CC(C)(C)C(=O)OCC(COC(=O)C(=C)C)OC(=O)NC1CCCCC1C1CCCCC1)OC(=O)NC1CCCCC1C1CCCCC1. The first-order chi connectivity index (χ1) is 29.5. The number of nitrogens with one attached hydrogen (secondary N) is 2.